The first-order valence-electron chi connectivity index (χ1n) is 7.78. The summed E-state index contributed by atoms with van der Waals surface area (Å²) in [5, 5.41) is 14.1. The molecule has 1 aromatic carbocycles. The molecule has 0 aliphatic heterocycles. The van der Waals surface area contributed by atoms with Crippen molar-refractivity contribution >= 4 is 17.4 Å². The van der Waals surface area contributed by atoms with Gasteiger partial charge in [0.1, 0.15) is 5.82 Å². The Morgan fingerprint density at radius 2 is 1.74 bits per heavy atom. The normalized spacial score (nSPS) is 11.4. The van der Waals surface area contributed by atoms with Gasteiger partial charge in [0, 0.05) is 11.7 Å². The maximum atomic E-state index is 12.4. The van der Waals surface area contributed by atoms with Crippen LogP contribution in [0.2, 0.25) is 0 Å². The predicted octanol–water partition coefficient (Wildman–Crippen LogP) is 3.85. The Kier molecular flexibility index (Phi) is 4.98. The van der Waals surface area contributed by atoms with Gasteiger partial charge in [0.2, 0.25) is 0 Å². The Hall–Kier alpha value is -2.43. The molecule has 0 radical (unpaired) electrons. The number of aromatic nitrogens is 2. The Bertz CT molecular complexity index is 672. The van der Waals surface area contributed by atoms with Crippen molar-refractivity contribution in [3.05, 3.63) is 47.7 Å². The molecule has 2 N–H and O–H groups in total. The summed E-state index contributed by atoms with van der Waals surface area (Å²) in [4.78, 5) is 12.4. The molecule has 0 unspecified atom stereocenters. The van der Waals surface area contributed by atoms with E-state index >= 15 is 0 Å². The Morgan fingerprint density at radius 1 is 1.04 bits per heavy atom. The highest BCUT2D eigenvalue weighted by molar-refractivity contribution is 6.03. The second-order valence-electron chi connectivity index (χ2n) is 6.85. The highest BCUT2D eigenvalue weighted by atomic mass is 16.1. The van der Waals surface area contributed by atoms with Crippen molar-refractivity contribution in [2.24, 2.45) is 0 Å². The molecular formula is C18H24N4O. The van der Waals surface area contributed by atoms with Crippen LogP contribution >= 0.6 is 0 Å². The highest BCUT2D eigenvalue weighted by Gasteiger charge is 2.19. The van der Waals surface area contributed by atoms with E-state index in [2.05, 4.69) is 41.6 Å². The number of para-hydroxylation sites is 1. The zero-order valence-electron chi connectivity index (χ0n) is 14.3. The zero-order chi connectivity index (χ0) is 17.0. The topological polar surface area (TPSA) is 66.9 Å². The Morgan fingerprint density at radius 3 is 2.30 bits per heavy atom. The standard InChI is InChI=1S/C18H24N4O/c1-12(2)19-16-11-10-15(21-22-16)17(23)20-14-9-7-6-8-13(14)18(3,4)5/h6-12H,1-5H3,(H,19,22)(H,20,23). The molecule has 5 nitrogen and oxygen atoms in total. The number of carbonyl (C=O) groups is 1. The van der Waals surface area contributed by atoms with Crippen molar-refractivity contribution in [2.75, 3.05) is 10.6 Å². The molecule has 2 aromatic rings. The molecule has 0 aliphatic rings. The van der Waals surface area contributed by atoms with E-state index < -0.39 is 0 Å². The third-order valence-corrected chi connectivity index (χ3v) is 3.32. The second kappa shape index (κ2) is 6.77. The van der Waals surface area contributed by atoms with E-state index in [1.165, 1.54) is 0 Å². The molecule has 1 amide bonds. The molecule has 5 heteroatoms. The van der Waals surface area contributed by atoms with Crippen molar-refractivity contribution in [2.45, 2.75) is 46.1 Å². The smallest absolute Gasteiger partial charge is 0.276 e. The average molecular weight is 312 g/mol. The fraction of sp³-hybridized carbons (Fsp3) is 0.389. The summed E-state index contributed by atoms with van der Waals surface area (Å²) in [6, 6.07) is 11.5. The van der Waals surface area contributed by atoms with Crippen LogP contribution in [0.1, 0.15) is 50.7 Å². The zero-order valence-corrected chi connectivity index (χ0v) is 14.3. The van der Waals surface area contributed by atoms with Crippen LogP contribution in [0.5, 0.6) is 0 Å². The molecule has 0 atom stereocenters. The van der Waals surface area contributed by atoms with Crippen LogP contribution in [0, 0.1) is 0 Å². The molecule has 0 saturated carbocycles. The number of anilines is 2. The summed E-state index contributed by atoms with van der Waals surface area (Å²) in [5.74, 6) is 0.400. The summed E-state index contributed by atoms with van der Waals surface area (Å²) in [6.07, 6.45) is 0. The molecule has 0 fully saturated rings. The molecule has 0 aliphatic carbocycles. The van der Waals surface area contributed by atoms with E-state index in [0.29, 0.717) is 11.5 Å². The van der Waals surface area contributed by atoms with Crippen LogP contribution < -0.4 is 10.6 Å². The van der Waals surface area contributed by atoms with Crippen LogP contribution in [-0.4, -0.2) is 22.1 Å². The summed E-state index contributed by atoms with van der Waals surface area (Å²) in [6.45, 7) is 10.4. The van der Waals surface area contributed by atoms with Crippen LogP contribution in [0.15, 0.2) is 36.4 Å². The van der Waals surface area contributed by atoms with Gasteiger partial charge in [-0.2, -0.15) is 0 Å². The van der Waals surface area contributed by atoms with Gasteiger partial charge in [-0.1, -0.05) is 39.0 Å². The van der Waals surface area contributed by atoms with E-state index in [1.807, 2.05) is 38.1 Å². The van der Waals surface area contributed by atoms with Crippen LogP contribution in [-0.2, 0) is 5.41 Å². The summed E-state index contributed by atoms with van der Waals surface area (Å²) in [7, 11) is 0. The quantitative estimate of drug-likeness (QED) is 0.900. The summed E-state index contributed by atoms with van der Waals surface area (Å²) >= 11 is 0. The monoisotopic (exact) mass is 312 g/mol. The van der Waals surface area contributed by atoms with Gasteiger partial charge in [-0.15, -0.1) is 10.2 Å². The molecule has 0 bridgehead atoms. The number of amides is 1. The predicted molar refractivity (Wildman–Crippen MR) is 93.9 cm³/mol. The van der Waals surface area contributed by atoms with Gasteiger partial charge in [-0.25, -0.2) is 0 Å². The number of rotatable bonds is 4. The fourth-order valence-electron chi connectivity index (χ4n) is 2.26. The maximum Gasteiger partial charge on any atom is 0.276 e. The lowest BCUT2D eigenvalue weighted by Gasteiger charge is -2.22. The van der Waals surface area contributed by atoms with Gasteiger partial charge in [-0.05, 0) is 43.0 Å². The number of benzene rings is 1. The molecule has 0 saturated heterocycles. The van der Waals surface area contributed by atoms with Crippen molar-refractivity contribution in [1.29, 1.82) is 0 Å². The van der Waals surface area contributed by atoms with Crippen molar-refractivity contribution in [3.8, 4) is 0 Å². The molecule has 23 heavy (non-hydrogen) atoms. The third-order valence-electron chi connectivity index (χ3n) is 3.32. The summed E-state index contributed by atoms with van der Waals surface area (Å²) in [5.41, 5.74) is 2.12. The molecule has 1 heterocycles. The maximum absolute atomic E-state index is 12.4. The number of nitrogens with zero attached hydrogens (tertiary/aromatic N) is 2. The van der Waals surface area contributed by atoms with E-state index in [4.69, 9.17) is 0 Å². The molecule has 1 aromatic heterocycles. The molecule has 0 spiro atoms. The second-order valence-corrected chi connectivity index (χ2v) is 6.85. The minimum atomic E-state index is -0.259. The van der Waals surface area contributed by atoms with Crippen LogP contribution in [0.4, 0.5) is 11.5 Å². The van der Waals surface area contributed by atoms with Crippen molar-refractivity contribution < 1.29 is 4.79 Å². The average Bonchev–Trinajstić information content (AvgIpc) is 2.46. The Balaban J connectivity index is 2.17. The third kappa shape index (κ3) is 4.52. The number of hydrogen-bond acceptors (Lipinski definition) is 4. The first-order valence-corrected chi connectivity index (χ1v) is 7.78. The van der Waals surface area contributed by atoms with Crippen molar-refractivity contribution in [1.82, 2.24) is 10.2 Å². The van der Waals surface area contributed by atoms with Gasteiger partial charge in [0.15, 0.2) is 5.69 Å². The van der Waals surface area contributed by atoms with E-state index in [-0.39, 0.29) is 17.4 Å². The van der Waals surface area contributed by atoms with Crippen molar-refractivity contribution in [3.63, 3.8) is 0 Å². The SMILES string of the molecule is CC(C)Nc1ccc(C(=O)Nc2ccccc2C(C)(C)C)nn1. The Labute approximate surface area is 137 Å². The number of hydrogen-bond donors (Lipinski definition) is 2. The van der Waals surface area contributed by atoms with E-state index in [0.717, 1.165) is 11.3 Å². The minimum absolute atomic E-state index is 0.0550. The number of carbonyl (C=O) groups excluding carboxylic acids is 1. The van der Waals surface area contributed by atoms with Crippen LogP contribution in [0.25, 0.3) is 0 Å². The lowest BCUT2D eigenvalue weighted by Crippen LogP contribution is -2.20. The lowest BCUT2D eigenvalue weighted by molar-refractivity contribution is 0.102. The fourth-order valence-corrected chi connectivity index (χ4v) is 2.26. The van der Waals surface area contributed by atoms with Gasteiger partial charge in [0.05, 0.1) is 0 Å². The highest BCUT2D eigenvalue weighted by Crippen LogP contribution is 2.29. The van der Waals surface area contributed by atoms with Gasteiger partial charge in [-0.3, -0.25) is 4.79 Å². The van der Waals surface area contributed by atoms with Crippen LogP contribution in [0.3, 0.4) is 0 Å². The van der Waals surface area contributed by atoms with Gasteiger partial charge >= 0.3 is 0 Å². The molecular weight excluding hydrogens is 288 g/mol. The minimum Gasteiger partial charge on any atom is -0.366 e. The number of nitrogens with one attached hydrogen (secondary N) is 2. The molecule has 2 rings (SSSR count). The summed E-state index contributed by atoms with van der Waals surface area (Å²) < 4.78 is 0. The first kappa shape index (κ1) is 16.9. The van der Waals surface area contributed by atoms with E-state index in [1.54, 1.807) is 12.1 Å². The van der Waals surface area contributed by atoms with Gasteiger partial charge < -0.3 is 10.6 Å². The first-order chi connectivity index (χ1) is 10.8. The van der Waals surface area contributed by atoms with E-state index in [9.17, 15) is 4.79 Å². The lowest BCUT2D eigenvalue weighted by atomic mass is 9.86. The largest absolute Gasteiger partial charge is 0.366 e. The van der Waals surface area contributed by atoms with Gasteiger partial charge in [0.25, 0.3) is 5.91 Å². The molecule has 122 valence electrons.